The molecule has 2 N–H and O–H groups in total. The maximum Gasteiger partial charge on any atom is 0.230 e. The minimum atomic E-state index is -0.329. The van der Waals surface area contributed by atoms with Gasteiger partial charge in [0.25, 0.3) is 0 Å². The lowest BCUT2D eigenvalue weighted by Crippen LogP contribution is -2.43. The fraction of sp³-hybridized carbons (Fsp3) is 0.700. The number of rotatable bonds is 9. The molecule has 0 bridgehead atoms. The summed E-state index contributed by atoms with van der Waals surface area (Å²) in [5, 5.41) is 6.77. The second-order valence-electron chi connectivity index (χ2n) is 7.39. The first-order chi connectivity index (χ1) is 12.6. The van der Waals surface area contributed by atoms with Crippen LogP contribution >= 0.6 is 24.0 Å². The van der Waals surface area contributed by atoms with Gasteiger partial charge in [0.15, 0.2) is 5.96 Å². The quantitative estimate of drug-likeness (QED) is 0.241. The van der Waals surface area contributed by atoms with Crippen LogP contribution in [0.3, 0.4) is 0 Å². The molecule has 7 heteroatoms. The Morgan fingerprint density at radius 3 is 2.56 bits per heavy atom. The van der Waals surface area contributed by atoms with Crippen LogP contribution in [0.25, 0.3) is 0 Å². The zero-order valence-electron chi connectivity index (χ0n) is 16.9. The third kappa shape index (κ3) is 7.35. The largest absolute Gasteiger partial charge is 0.469 e. The van der Waals surface area contributed by atoms with E-state index in [1.807, 2.05) is 26.2 Å². The monoisotopic (exact) mass is 490 g/mol. The molecule has 154 valence electrons. The lowest BCUT2D eigenvalue weighted by atomic mass is 9.85. The number of halogens is 1. The van der Waals surface area contributed by atoms with Gasteiger partial charge < -0.3 is 20.0 Å². The van der Waals surface area contributed by atoms with E-state index in [1.54, 1.807) is 11.2 Å². The highest BCUT2D eigenvalue weighted by Gasteiger charge is 2.42. The number of amides is 1. The van der Waals surface area contributed by atoms with Gasteiger partial charge in [0.1, 0.15) is 5.76 Å². The molecule has 0 radical (unpaired) electrons. The van der Waals surface area contributed by atoms with Gasteiger partial charge in [-0.3, -0.25) is 9.79 Å². The van der Waals surface area contributed by atoms with E-state index in [9.17, 15) is 4.79 Å². The van der Waals surface area contributed by atoms with Crippen molar-refractivity contribution in [2.75, 3.05) is 33.7 Å². The minimum Gasteiger partial charge on any atom is -0.469 e. The highest BCUT2D eigenvalue weighted by Crippen LogP contribution is 2.39. The summed E-state index contributed by atoms with van der Waals surface area (Å²) in [6, 6.07) is 3.88. The smallest absolute Gasteiger partial charge is 0.230 e. The highest BCUT2D eigenvalue weighted by atomic mass is 127. The zero-order chi connectivity index (χ0) is 18.8. The van der Waals surface area contributed by atoms with Crippen molar-refractivity contribution in [2.24, 2.45) is 10.4 Å². The van der Waals surface area contributed by atoms with Crippen LogP contribution in [0.15, 0.2) is 27.8 Å². The summed E-state index contributed by atoms with van der Waals surface area (Å²) in [7, 11) is 3.68. The second-order valence-corrected chi connectivity index (χ2v) is 7.39. The lowest BCUT2D eigenvalue weighted by Gasteiger charge is -2.29. The Bertz CT molecular complexity index is 567. The number of hydrogen-bond donors (Lipinski definition) is 2. The second kappa shape index (κ2) is 12.3. The van der Waals surface area contributed by atoms with Crippen molar-refractivity contribution >= 4 is 35.8 Å². The average Bonchev–Trinajstić information content (AvgIpc) is 3.31. The van der Waals surface area contributed by atoms with Crippen molar-refractivity contribution in [2.45, 2.75) is 51.9 Å². The van der Waals surface area contributed by atoms with Gasteiger partial charge in [0.05, 0.1) is 18.2 Å². The molecule has 6 nitrogen and oxygen atoms in total. The molecule has 1 aromatic heterocycles. The zero-order valence-corrected chi connectivity index (χ0v) is 19.3. The fourth-order valence-corrected chi connectivity index (χ4v) is 3.51. The Hall–Kier alpha value is -1.25. The summed E-state index contributed by atoms with van der Waals surface area (Å²) in [6.07, 6.45) is 8.82. The van der Waals surface area contributed by atoms with E-state index >= 15 is 0 Å². The maximum atomic E-state index is 12.7. The molecule has 2 rings (SSSR count). The van der Waals surface area contributed by atoms with Crippen molar-refractivity contribution in [1.82, 2.24) is 15.5 Å². The summed E-state index contributed by atoms with van der Waals surface area (Å²) >= 11 is 0. The molecule has 0 spiro atoms. The van der Waals surface area contributed by atoms with Crippen LogP contribution in [0.4, 0.5) is 0 Å². The van der Waals surface area contributed by atoms with E-state index in [1.165, 1.54) is 0 Å². The van der Waals surface area contributed by atoms with Gasteiger partial charge in [0, 0.05) is 33.6 Å². The van der Waals surface area contributed by atoms with Crippen molar-refractivity contribution in [3.8, 4) is 0 Å². The van der Waals surface area contributed by atoms with Gasteiger partial charge >= 0.3 is 0 Å². The summed E-state index contributed by atoms with van der Waals surface area (Å²) in [4.78, 5) is 19.2. The molecule has 0 aromatic carbocycles. The van der Waals surface area contributed by atoms with Crippen molar-refractivity contribution in [3.63, 3.8) is 0 Å². The number of carbonyl (C=O) groups is 1. The van der Waals surface area contributed by atoms with E-state index in [-0.39, 0.29) is 35.3 Å². The van der Waals surface area contributed by atoms with Gasteiger partial charge in [-0.15, -0.1) is 24.0 Å². The Balaban J connectivity index is 0.00000364. The van der Waals surface area contributed by atoms with Crippen LogP contribution in [0, 0.1) is 5.41 Å². The van der Waals surface area contributed by atoms with Crippen molar-refractivity contribution in [3.05, 3.63) is 24.2 Å². The van der Waals surface area contributed by atoms with E-state index in [0.717, 1.165) is 69.8 Å². The molecular formula is C20H35IN4O2. The van der Waals surface area contributed by atoms with Crippen molar-refractivity contribution in [1.29, 1.82) is 0 Å². The Kier molecular flexibility index (Phi) is 10.8. The normalized spacial score (nSPS) is 15.9. The van der Waals surface area contributed by atoms with Gasteiger partial charge in [-0.2, -0.15) is 0 Å². The van der Waals surface area contributed by atoms with E-state index < -0.39 is 0 Å². The predicted octanol–water partition coefficient (Wildman–Crippen LogP) is 3.42. The molecular weight excluding hydrogens is 455 g/mol. The number of nitrogens with zero attached hydrogens (tertiary/aromatic N) is 2. The molecule has 1 fully saturated rings. The lowest BCUT2D eigenvalue weighted by molar-refractivity contribution is -0.138. The van der Waals surface area contributed by atoms with E-state index in [0.29, 0.717) is 6.54 Å². The molecule has 27 heavy (non-hydrogen) atoms. The Morgan fingerprint density at radius 2 is 1.96 bits per heavy atom. The van der Waals surface area contributed by atoms with Crippen LogP contribution in [0.1, 0.15) is 51.2 Å². The molecule has 0 unspecified atom stereocenters. The topological polar surface area (TPSA) is 69.9 Å². The van der Waals surface area contributed by atoms with Crippen LogP contribution in [0.5, 0.6) is 0 Å². The number of hydrogen-bond acceptors (Lipinski definition) is 3. The molecule has 0 atom stereocenters. The van der Waals surface area contributed by atoms with Crippen LogP contribution in [-0.2, 0) is 11.2 Å². The number of guanidine groups is 1. The number of nitrogens with one attached hydrogen (secondary N) is 2. The summed E-state index contributed by atoms with van der Waals surface area (Å²) in [5.74, 6) is 1.96. The third-order valence-electron chi connectivity index (χ3n) is 5.03. The summed E-state index contributed by atoms with van der Waals surface area (Å²) in [6.45, 7) is 4.36. The van der Waals surface area contributed by atoms with E-state index in [4.69, 9.17) is 9.41 Å². The molecule has 0 saturated heterocycles. The van der Waals surface area contributed by atoms with Crippen LogP contribution in [0.2, 0.25) is 0 Å². The molecule has 1 aliphatic carbocycles. The van der Waals surface area contributed by atoms with Crippen molar-refractivity contribution < 1.29 is 9.21 Å². The molecule has 1 heterocycles. The molecule has 1 aliphatic rings. The summed E-state index contributed by atoms with van der Waals surface area (Å²) < 4.78 is 5.38. The van der Waals surface area contributed by atoms with Gasteiger partial charge in [-0.25, -0.2) is 0 Å². The van der Waals surface area contributed by atoms with E-state index in [2.05, 4.69) is 17.6 Å². The molecule has 1 saturated carbocycles. The molecule has 1 amide bonds. The first-order valence-corrected chi connectivity index (χ1v) is 9.84. The number of carbonyl (C=O) groups excluding carboxylic acids is 1. The highest BCUT2D eigenvalue weighted by molar-refractivity contribution is 14.0. The Morgan fingerprint density at radius 1 is 1.26 bits per heavy atom. The fourth-order valence-electron chi connectivity index (χ4n) is 3.51. The first-order valence-electron chi connectivity index (χ1n) is 9.84. The SMILES string of the molecule is CCCCNC(=NCC1(C(=O)N(C)C)CCCC1)NCCc1ccco1.I. The molecule has 0 aliphatic heterocycles. The van der Waals surface area contributed by atoms with Gasteiger partial charge in [-0.05, 0) is 31.4 Å². The number of unbranched alkanes of at least 4 members (excludes halogenated alkanes) is 1. The van der Waals surface area contributed by atoms with Crippen LogP contribution < -0.4 is 10.6 Å². The van der Waals surface area contributed by atoms with Gasteiger partial charge in [-0.1, -0.05) is 26.2 Å². The Labute approximate surface area is 180 Å². The summed E-state index contributed by atoms with van der Waals surface area (Å²) in [5.41, 5.74) is -0.329. The predicted molar refractivity (Wildman–Crippen MR) is 121 cm³/mol. The number of aliphatic imine (C=N–C) groups is 1. The number of furan rings is 1. The van der Waals surface area contributed by atoms with Crippen LogP contribution in [-0.4, -0.2) is 50.5 Å². The maximum absolute atomic E-state index is 12.7. The first kappa shape index (κ1) is 23.8. The average molecular weight is 490 g/mol. The molecule has 1 aromatic rings. The standard InChI is InChI=1S/C20H34N4O2.HI/c1-4-5-13-21-19(22-14-10-17-9-8-15-26-17)23-16-20(11-6-7-12-20)18(25)24(2)3;/h8-9,15H,4-7,10-14,16H2,1-3H3,(H2,21,22,23);1H. The van der Waals surface area contributed by atoms with Gasteiger partial charge in [0.2, 0.25) is 5.91 Å². The third-order valence-corrected chi connectivity index (χ3v) is 5.03. The minimum absolute atomic E-state index is 0.